The lowest BCUT2D eigenvalue weighted by atomic mass is 9.90. The minimum atomic E-state index is 0.976. The van der Waals surface area contributed by atoms with Crippen LogP contribution in [0.25, 0.3) is 67.0 Å². The van der Waals surface area contributed by atoms with Crippen LogP contribution in [0.5, 0.6) is 0 Å². The average molecular weight is 616 g/mol. The summed E-state index contributed by atoms with van der Waals surface area (Å²) in [5, 5.41) is 0. The first-order valence-electron chi connectivity index (χ1n) is 14.3. The topological polar surface area (TPSA) is 25.8 Å². The molecule has 0 radical (unpaired) electrons. The Labute approximate surface area is 260 Å². The second-order valence-corrected chi connectivity index (χ2v) is 11.3. The van der Waals surface area contributed by atoms with E-state index >= 15 is 0 Å². The zero-order valence-electron chi connectivity index (χ0n) is 23.4. The third-order valence-electron chi connectivity index (χ3n) is 7.69. The van der Waals surface area contributed by atoms with Crippen molar-refractivity contribution in [2.75, 3.05) is 0 Å². The summed E-state index contributed by atoms with van der Waals surface area (Å²) in [6, 6.07) is 53.3. The van der Waals surface area contributed by atoms with Gasteiger partial charge >= 0.3 is 0 Å². The maximum Gasteiger partial charge on any atom is 0.0701 e. The second-order valence-electron chi connectivity index (χ2n) is 10.4. The quantitative estimate of drug-likeness (QED) is 0.186. The highest BCUT2D eigenvalue weighted by molar-refractivity contribution is 9.10. The van der Waals surface area contributed by atoms with E-state index in [9.17, 15) is 0 Å². The Bertz CT molecular complexity index is 1860. The Kier molecular flexibility index (Phi) is 7.47. The number of pyridine rings is 2. The molecule has 0 bridgehead atoms. The van der Waals surface area contributed by atoms with Crippen molar-refractivity contribution < 1.29 is 0 Å². The molecule has 0 fully saturated rings. The van der Waals surface area contributed by atoms with Crippen molar-refractivity contribution in [2.45, 2.75) is 0 Å². The fourth-order valence-corrected chi connectivity index (χ4v) is 6.08. The van der Waals surface area contributed by atoms with E-state index in [2.05, 4.69) is 141 Å². The van der Waals surface area contributed by atoms with Gasteiger partial charge < -0.3 is 0 Å². The van der Waals surface area contributed by atoms with Gasteiger partial charge in [-0.05, 0) is 87.0 Å². The molecule has 0 saturated heterocycles. The number of hydrogen-bond donors (Lipinski definition) is 0. The molecule has 0 aliphatic heterocycles. The highest BCUT2D eigenvalue weighted by Gasteiger charge is 2.13. The van der Waals surface area contributed by atoms with Gasteiger partial charge in [0.2, 0.25) is 0 Å². The van der Waals surface area contributed by atoms with Crippen LogP contribution < -0.4 is 0 Å². The summed E-state index contributed by atoms with van der Waals surface area (Å²) in [6.07, 6.45) is 3.66. The Morgan fingerprint density at radius 3 is 1.05 bits per heavy atom. The molecule has 0 spiro atoms. The van der Waals surface area contributed by atoms with E-state index in [-0.39, 0.29) is 0 Å². The second kappa shape index (κ2) is 12.0. The molecule has 0 atom stereocenters. The van der Waals surface area contributed by atoms with Gasteiger partial charge in [-0.25, -0.2) is 0 Å². The zero-order valence-corrected chi connectivity index (χ0v) is 24.9. The first kappa shape index (κ1) is 26.8. The summed E-state index contributed by atoms with van der Waals surface area (Å²) < 4.78 is 1.04. The van der Waals surface area contributed by atoms with Gasteiger partial charge in [0.1, 0.15) is 0 Å². The molecule has 43 heavy (non-hydrogen) atoms. The van der Waals surface area contributed by atoms with Crippen molar-refractivity contribution in [3.05, 3.63) is 169 Å². The zero-order chi connectivity index (χ0) is 29.0. The van der Waals surface area contributed by atoms with Crippen LogP contribution in [0.4, 0.5) is 0 Å². The summed E-state index contributed by atoms with van der Waals surface area (Å²) in [6.45, 7) is 0. The molecule has 2 heterocycles. The predicted molar refractivity (Wildman–Crippen MR) is 182 cm³/mol. The third kappa shape index (κ3) is 5.68. The van der Waals surface area contributed by atoms with Gasteiger partial charge in [0, 0.05) is 28.0 Å². The lowest BCUT2D eigenvalue weighted by Gasteiger charge is -2.15. The molecule has 3 heteroatoms. The van der Waals surface area contributed by atoms with E-state index in [0.717, 1.165) is 38.1 Å². The number of aromatic nitrogens is 2. The largest absolute Gasteiger partial charge is 0.256 e. The maximum atomic E-state index is 4.50. The van der Waals surface area contributed by atoms with Crippen molar-refractivity contribution in [2.24, 2.45) is 0 Å². The Hall–Kier alpha value is -5.12. The summed E-state index contributed by atoms with van der Waals surface area (Å²) in [4.78, 5) is 9.01. The lowest BCUT2D eigenvalue weighted by Crippen LogP contribution is -1.90. The molecular weight excluding hydrogens is 588 g/mol. The molecule has 0 saturated carbocycles. The number of rotatable bonds is 6. The summed E-state index contributed by atoms with van der Waals surface area (Å²) >= 11 is 3.83. The van der Waals surface area contributed by atoms with Crippen molar-refractivity contribution >= 4 is 15.9 Å². The molecule has 5 aromatic carbocycles. The van der Waals surface area contributed by atoms with E-state index in [0.29, 0.717) is 0 Å². The maximum absolute atomic E-state index is 4.50. The van der Waals surface area contributed by atoms with Crippen LogP contribution in [0.3, 0.4) is 0 Å². The monoisotopic (exact) mass is 614 g/mol. The van der Waals surface area contributed by atoms with Crippen molar-refractivity contribution in [3.63, 3.8) is 0 Å². The smallest absolute Gasteiger partial charge is 0.0701 e. The van der Waals surface area contributed by atoms with Crippen molar-refractivity contribution in [1.29, 1.82) is 0 Å². The normalized spacial score (nSPS) is 10.9. The molecule has 2 nitrogen and oxygen atoms in total. The van der Waals surface area contributed by atoms with E-state index in [1.807, 2.05) is 48.8 Å². The SMILES string of the molecule is Brc1cc(-c2ccccc2-c2ccc(-c3ccccn3)cc2)cc(-c2ccccc2-c2ccc(-c3ccccn3)cc2)c1. The van der Waals surface area contributed by atoms with Gasteiger partial charge in [-0.1, -0.05) is 125 Å². The summed E-state index contributed by atoms with van der Waals surface area (Å²) in [5.74, 6) is 0. The fourth-order valence-electron chi connectivity index (χ4n) is 5.58. The standard InChI is InChI=1S/C40H27BrN2/c41-34-26-32(37-11-3-1-9-35(37)28-15-19-30(20-16-28)39-13-5-7-23-42-39)25-33(27-34)38-12-4-2-10-36(38)29-17-21-31(22-18-29)40-14-6-8-24-43-40/h1-27H. The molecule has 0 amide bonds. The van der Waals surface area contributed by atoms with E-state index < -0.39 is 0 Å². The highest BCUT2D eigenvalue weighted by Crippen LogP contribution is 2.39. The van der Waals surface area contributed by atoms with Crippen LogP contribution in [0.2, 0.25) is 0 Å². The van der Waals surface area contributed by atoms with Gasteiger partial charge in [0.05, 0.1) is 11.4 Å². The Morgan fingerprint density at radius 1 is 0.326 bits per heavy atom. The van der Waals surface area contributed by atoms with Crippen LogP contribution >= 0.6 is 15.9 Å². The molecular formula is C40H27BrN2. The Morgan fingerprint density at radius 2 is 0.674 bits per heavy atom. The number of benzene rings is 5. The lowest BCUT2D eigenvalue weighted by molar-refractivity contribution is 1.33. The third-order valence-corrected chi connectivity index (χ3v) is 8.14. The van der Waals surface area contributed by atoms with Crippen molar-refractivity contribution in [1.82, 2.24) is 9.97 Å². The van der Waals surface area contributed by atoms with Crippen LogP contribution in [-0.4, -0.2) is 9.97 Å². The predicted octanol–water partition coefficient (Wildman–Crippen LogP) is 11.2. The minimum absolute atomic E-state index is 0.976. The summed E-state index contributed by atoms with van der Waals surface area (Å²) in [7, 11) is 0. The molecule has 0 unspecified atom stereocenters. The average Bonchev–Trinajstić information content (AvgIpc) is 3.09. The van der Waals surface area contributed by atoms with Gasteiger partial charge in [-0.2, -0.15) is 0 Å². The summed E-state index contributed by atoms with van der Waals surface area (Å²) in [5.41, 5.74) is 13.6. The molecule has 204 valence electrons. The van der Waals surface area contributed by atoms with E-state index in [4.69, 9.17) is 0 Å². The van der Waals surface area contributed by atoms with Crippen LogP contribution in [0.1, 0.15) is 0 Å². The molecule has 0 aliphatic carbocycles. The Balaban J connectivity index is 1.26. The van der Waals surface area contributed by atoms with Gasteiger partial charge in [-0.3, -0.25) is 9.97 Å². The van der Waals surface area contributed by atoms with Crippen LogP contribution in [0.15, 0.2) is 169 Å². The molecule has 7 aromatic rings. The van der Waals surface area contributed by atoms with E-state index in [1.54, 1.807) is 0 Å². The fraction of sp³-hybridized carbons (Fsp3) is 0. The first-order valence-corrected chi connectivity index (χ1v) is 15.1. The first-order chi connectivity index (χ1) is 21.2. The van der Waals surface area contributed by atoms with Gasteiger partial charge in [0.25, 0.3) is 0 Å². The minimum Gasteiger partial charge on any atom is -0.256 e. The van der Waals surface area contributed by atoms with Crippen LogP contribution in [0, 0.1) is 0 Å². The van der Waals surface area contributed by atoms with Gasteiger partial charge in [0.15, 0.2) is 0 Å². The number of halogens is 1. The number of hydrogen-bond acceptors (Lipinski definition) is 2. The van der Waals surface area contributed by atoms with Crippen LogP contribution in [-0.2, 0) is 0 Å². The molecule has 2 aromatic heterocycles. The van der Waals surface area contributed by atoms with E-state index in [1.165, 1.54) is 33.4 Å². The van der Waals surface area contributed by atoms with Crippen molar-refractivity contribution in [3.8, 4) is 67.0 Å². The van der Waals surface area contributed by atoms with Gasteiger partial charge in [-0.15, -0.1) is 0 Å². The molecule has 0 aliphatic rings. The molecule has 0 N–H and O–H groups in total. The highest BCUT2D eigenvalue weighted by atomic mass is 79.9. The molecule has 7 rings (SSSR count). The number of nitrogens with zero attached hydrogens (tertiary/aromatic N) is 2.